The van der Waals surface area contributed by atoms with Crippen molar-refractivity contribution in [2.45, 2.75) is 0 Å². The molecule has 0 bridgehead atoms. The summed E-state index contributed by atoms with van der Waals surface area (Å²) in [6, 6.07) is 19.7. The Labute approximate surface area is 218 Å². The van der Waals surface area contributed by atoms with Crippen LogP contribution in [0.25, 0.3) is 22.8 Å². The smallest absolute Gasteiger partial charge is 0.201 e. The number of benzene rings is 3. The van der Waals surface area contributed by atoms with Gasteiger partial charge in [0.25, 0.3) is 0 Å². The summed E-state index contributed by atoms with van der Waals surface area (Å²) in [6.07, 6.45) is 3.94. The maximum atomic E-state index is 12.2. The minimum absolute atomic E-state index is 0.0422. The van der Waals surface area contributed by atoms with Gasteiger partial charge in [0.15, 0.2) is 5.78 Å². The van der Waals surface area contributed by atoms with E-state index in [0.29, 0.717) is 4.48 Å². The lowest BCUT2D eigenvalue weighted by atomic mass is 9.96. The highest BCUT2D eigenvalue weighted by Crippen LogP contribution is 2.43. The highest BCUT2D eigenvalue weighted by Gasteiger charge is 2.29. The van der Waals surface area contributed by atoms with Gasteiger partial charge in [0.05, 0.1) is 4.48 Å². The molecule has 0 aromatic heterocycles. The zero-order valence-corrected chi connectivity index (χ0v) is 22.6. The quantitative estimate of drug-likeness (QED) is 0.187. The summed E-state index contributed by atoms with van der Waals surface area (Å²) in [5.74, 6) is 0.146. The molecule has 6 heteroatoms. The van der Waals surface area contributed by atoms with Gasteiger partial charge in [0.2, 0.25) is 5.78 Å². The van der Waals surface area contributed by atoms with E-state index in [0.717, 1.165) is 58.0 Å². The van der Waals surface area contributed by atoms with Crippen molar-refractivity contribution in [1.82, 2.24) is 0 Å². The van der Waals surface area contributed by atoms with Gasteiger partial charge in [-0.1, -0.05) is 68.3 Å². The van der Waals surface area contributed by atoms with Crippen LogP contribution in [0.2, 0.25) is 0 Å². The highest BCUT2D eigenvalue weighted by atomic mass is 79.9. The Kier molecular flexibility index (Phi) is 5.82. The van der Waals surface area contributed by atoms with Crippen LogP contribution in [0.4, 0.5) is 0 Å². The monoisotopic (exact) mass is 672 g/mol. The van der Waals surface area contributed by atoms with Crippen LogP contribution < -0.4 is 0 Å². The molecule has 0 radical (unpaired) electrons. The summed E-state index contributed by atoms with van der Waals surface area (Å²) in [4.78, 5) is 24.2. The number of carbonyl (C=O) groups excluding carboxylic acids is 2. The van der Waals surface area contributed by atoms with Crippen molar-refractivity contribution in [3.63, 3.8) is 0 Å². The molecule has 3 aliphatic rings. The minimum Gasteiger partial charge on any atom is -0.289 e. The third-order valence-electron chi connectivity index (χ3n) is 5.51. The van der Waals surface area contributed by atoms with Gasteiger partial charge in [0, 0.05) is 30.1 Å². The predicted octanol–water partition coefficient (Wildman–Crippen LogP) is 8.47. The number of hydrogen-bond donors (Lipinski definition) is 0. The molecule has 0 fully saturated rings. The molecule has 0 heterocycles. The van der Waals surface area contributed by atoms with E-state index in [-0.39, 0.29) is 11.6 Å². The van der Waals surface area contributed by atoms with Crippen LogP contribution in [0.15, 0.2) is 90.2 Å². The third-order valence-corrected chi connectivity index (χ3v) is 8.44. The van der Waals surface area contributed by atoms with Crippen molar-refractivity contribution in [3.8, 4) is 11.1 Å². The molecule has 3 aromatic rings. The van der Waals surface area contributed by atoms with Gasteiger partial charge >= 0.3 is 0 Å². The van der Waals surface area contributed by atoms with E-state index in [9.17, 15) is 9.59 Å². The number of halogens is 4. The fraction of sp³-hybridized carbons (Fsp3) is 0. The molecule has 6 rings (SSSR count). The number of Topliss-reactive ketones (excluding diaryl/α,β-unsaturated/α-hetero) is 1. The number of carbonyl (C=O) groups is 2. The molecule has 0 saturated carbocycles. The highest BCUT2D eigenvalue weighted by molar-refractivity contribution is 9.14. The van der Waals surface area contributed by atoms with Crippen LogP contribution in [-0.4, -0.2) is 11.6 Å². The lowest BCUT2D eigenvalue weighted by Gasteiger charge is -2.12. The molecule has 0 spiro atoms. The Balaban J connectivity index is 0.000000135. The van der Waals surface area contributed by atoms with E-state index in [4.69, 9.17) is 0 Å². The maximum Gasteiger partial charge on any atom is 0.201 e. The van der Waals surface area contributed by atoms with Crippen LogP contribution >= 0.6 is 63.7 Å². The molecule has 0 saturated heterocycles. The maximum absolute atomic E-state index is 12.2. The molecule has 0 amide bonds. The first-order valence-electron chi connectivity index (χ1n) is 9.62. The molecule has 156 valence electrons. The van der Waals surface area contributed by atoms with E-state index < -0.39 is 0 Å². The van der Waals surface area contributed by atoms with Crippen molar-refractivity contribution >= 4 is 86.9 Å². The molecule has 3 aromatic carbocycles. The van der Waals surface area contributed by atoms with Gasteiger partial charge in [-0.2, -0.15) is 0 Å². The topological polar surface area (TPSA) is 34.1 Å². The van der Waals surface area contributed by atoms with Gasteiger partial charge in [-0.05, 0) is 96.1 Å². The number of ketones is 2. The van der Waals surface area contributed by atoms with Crippen molar-refractivity contribution in [3.05, 3.63) is 112 Å². The molecule has 0 aliphatic heterocycles. The summed E-state index contributed by atoms with van der Waals surface area (Å²) in [6.45, 7) is 0. The Bertz CT molecular complexity index is 1390. The Morgan fingerprint density at radius 3 is 1.75 bits per heavy atom. The van der Waals surface area contributed by atoms with Crippen molar-refractivity contribution < 1.29 is 9.59 Å². The number of rotatable bonds is 0. The summed E-state index contributed by atoms with van der Waals surface area (Å²) in [5.41, 5.74) is 7.63. The molecular weight excluding hydrogens is 664 g/mol. The number of hydrogen-bond acceptors (Lipinski definition) is 2. The van der Waals surface area contributed by atoms with Crippen molar-refractivity contribution in [1.29, 1.82) is 0 Å². The van der Waals surface area contributed by atoms with Gasteiger partial charge in [-0.25, -0.2) is 0 Å². The second-order valence-corrected chi connectivity index (χ2v) is 10.9. The largest absolute Gasteiger partial charge is 0.289 e. The van der Waals surface area contributed by atoms with E-state index in [1.807, 2.05) is 72.8 Å². The summed E-state index contributed by atoms with van der Waals surface area (Å²) in [7, 11) is 0. The predicted molar refractivity (Wildman–Crippen MR) is 143 cm³/mol. The summed E-state index contributed by atoms with van der Waals surface area (Å²) < 4.78 is 3.27. The van der Waals surface area contributed by atoms with Crippen LogP contribution in [-0.2, 0) is 4.79 Å². The third kappa shape index (κ3) is 3.67. The normalized spacial score (nSPS) is 15.2. The molecule has 0 atom stereocenters. The fourth-order valence-corrected chi connectivity index (χ4v) is 5.49. The average molecular weight is 676 g/mol. The molecule has 3 aliphatic carbocycles. The standard InChI is InChI=1S/2C13H6Br2O/c14-7-1-3-9-10-4-2-8(15)6-12(10)13(16)11(9)5-7;14-11-6-9-8-4-2-1-3-7(8)5-10(9)13(16)12(11)15/h2*1-6H. The lowest BCUT2D eigenvalue weighted by Crippen LogP contribution is -2.06. The molecule has 2 nitrogen and oxygen atoms in total. The Morgan fingerprint density at radius 2 is 1.12 bits per heavy atom. The van der Waals surface area contributed by atoms with Crippen LogP contribution in [0, 0.1) is 0 Å². The van der Waals surface area contributed by atoms with E-state index in [1.54, 1.807) is 0 Å². The second kappa shape index (κ2) is 8.49. The van der Waals surface area contributed by atoms with Gasteiger partial charge < -0.3 is 0 Å². The molecule has 0 N–H and O–H groups in total. The summed E-state index contributed by atoms with van der Waals surface area (Å²) >= 11 is 13.5. The van der Waals surface area contributed by atoms with Crippen LogP contribution in [0.1, 0.15) is 27.0 Å². The second-order valence-electron chi connectivity index (χ2n) is 7.40. The zero-order chi connectivity index (χ0) is 22.6. The molecular formula is C26H12Br4O2. The molecule has 0 unspecified atom stereocenters. The molecule has 32 heavy (non-hydrogen) atoms. The average Bonchev–Trinajstić information content (AvgIpc) is 3.28. The lowest BCUT2D eigenvalue weighted by molar-refractivity contribution is -0.111. The van der Waals surface area contributed by atoms with Crippen molar-refractivity contribution in [2.24, 2.45) is 0 Å². The van der Waals surface area contributed by atoms with Crippen molar-refractivity contribution in [2.75, 3.05) is 0 Å². The first kappa shape index (κ1) is 22.0. The Morgan fingerprint density at radius 1 is 0.531 bits per heavy atom. The van der Waals surface area contributed by atoms with Gasteiger partial charge in [-0.3, -0.25) is 9.59 Å². The minimum atomic E-state index is 0.0422. The van der Waals surface area contributed by atoms with E-state index in [2.05, 4.69) is 63.7 Å². The van der Waals surface area contributed by atoms with Gasteiger partial charge in [0.1, 0.15) is 0 Å². The van der Waals surface area contributed by atoms with Crippen LogP contribution in [0.3, 0.4) is 0 Å². The number of allylic oxidation sites excluding steroid dienone is 5. The fourth-order valence-electron chi connectivity index (χ4n) is 4.03. The van der Waals surface area contributed by atoms with Gasteiger partial charge in [-0.15, -0.1) is 0 Å². The first-order chi connectivity index (χ1) is 15.3. The van der Waals surface area contributed by atoms with Crippen LogP contribution in [0.5, 0.6) is 0 Å². The number of fused-ring (bicyclic) bond motifs is 6. The van der Waals surface area contributed by atoms with E-state index >= 15 is 0 Å². The summed E-state index contributed by atoms with van der Waals surface area (Å²) in [5, 5.41) is 0. The van der Waals surface area contributed by atoms with E-state index in [1.165, 1.54) is 0 Å². The SMILES string of the molecule is O=C1C2=Cc3ccccc3C2=CC(Br)=C1Br.O=C1c2cc(Br)ccc2-c2ccc(Br)cc21. The Hall–Kier alpha value is -1.86. The first-order valence-corrected chi connectivity index (χ1v) is 12.8. The zero-order valence-electron chi connectivity index (χ0n) is 16.3.